The summed E-state index contributed by atoms with van der Waals surface area (Å²) in [5.74, 6) is -0.256. The Kier molecular flexibility index (Phi) is 7.50. The number of carbonyl (C=O) groups excluding carboxylic acids is 1. The lowest BCUT2D eigenvalue weighted by molar-refractivity contribution is -0.140. The number of benzene rings is 1. The summed E-state index contributed by atoms with van der Waals surface area (Å²) in [7, 11) is -2.26. The van der Waals surface area contributed by atoms with Gasteiger partial charge in [-0.25, -0.2) is 9.97 Å². The first-order valence-electron chi connectivity index (χ1n) is 12.8. The predicted octanol–water partition coefficient (Wildman–Crippen LogP) is 3.04. The number of pyridine rings is 1. The first-order valence-corrected chi connectivity index (χ1v) is 14.2. The molecule has 216 valence electrons. The Morgan fingerprint density at radius 3 is 2.27 bits per heavy atom. The van der Waals surface area contributed by atoms with Crippen LogP contribution < -0.4 is 10.5 Å². The summed E-state index contributed by atoms with van der Waals surface area (Å²) in [4.78, 5) is 23.2. The fourth-order valence-corrected chi connectivity index (χ4v) is 6.63. The molecule has 0 spiro atoms. The normalized spacial score (nSPS) is 18.4. The van der Waals surface area contributed by atoms with Crippen molar-refractivity contribution < 1.29 is 35.5 Å². The third kappa shape index (κ3) is 5.13. The summed E-state index contributed by atoms with van der Waals surface area (Å²) in [5.41, 5.74) is 5.24. The van der Waals surface area contributed by atoms with Gasteiger partial charge in [-0.05, 0) is 44.0 Å². The summed E-state index contributed by atoms with van der Waals surface area (Å²) in [6.07, 6.45) is -3.00. The number of nitrogens with two attached hydrogens (primary N) is 1. The van der Waals surface area contributed by atoms with Gasteiger partial charge in [-0.15, -0.1) is 0 Å². The number of oxazole rings is 1. The van der Waals surface area contributed by atoms with Crippen molar-refractivity contribution >= 4 is 27.0 Å². The molecule has 0 unspecified atom stereocenters. The number of aromatic nitrogens is 2. The van der Waals surface area contributed by atoms with E-state index in [1.54, 1.807) is 13.0 Å². The molecule has 2 aliphatic rings. The standard InChI is InChI=1S/C25H29F3N6O5S/c1-15(29)22-21(24(35)32-11-13-34(14-12-32)40(36,37)33-9-3-4-10-33)31-23(39-22)17-5-7-18(38-2)20-16(17)6-8-19(30-20)25(26,27)28/h5-8,15H,3-4,9-14,29H2,1-2H3/t15-/m0/s1. The Balaban J connectivity index is 1.44. The summed E-state index contributed by atoms with van der Waals surface area (Å²) < 4.78 is 79.7. The molecule has 2 aliphatic heterocycles. The second kappa shape index (κ2) is 10.6. The van der Waals surface area contributed by atoms with Crippen molar-refractivity contribution in [3.8, 4) is 17.2 Å². The average molecular weight is 583 g/mol. The molecular weight excluding hydrogens is 553 g/mol. The fourth-order valence-electron chi connectivity index (χ4n) is 4.96. The zero-order valence-corrected chi connectivity index (χ0v) is 22.8. The minimum atomic E-state index is -4.66. The molecule has 1 aromatic carbocycles. The zero-order valence-electron chi connectivity index (χ0n) is 21.9. The Bertz CT molecular complexity index is 1530. The predicted molar refractivity (Wildman–Crippen MR) is 139 cm³/mol. The topological polar surface area (TPSA) is 135 Å². The van der Waals surface area contributed by atoms with Crippen molar-refractivity contribution in [3.63, 3.8) is 0 Å². The van der Waals surface area contributed by atoms with Crippen molar-refractivity contribution in [1.29, 1.82) is 0 Å². The third-order valence-corrected chi connectivity index (χ3v) is 9.11. The lowest BCUT2D eigenvalue weighted by Crippen LogP contribution is -2.53. The molecule has 11 nitrogen and oxygen atoms in total. The van der Waals surface area contributed by atoms with Crippen molar-refractivity contribution in [2.45, 2.75) is 32.0 Å². The van der Waals surface area contributed by atoms with Gasteiger partial charge in [-0.3, -0.25) is 4.79 Å². The molecule has 3 aromatic rings. The van der Waals surface area contributed by atoms with Gasteiger partial charge in [0.25, 0.3) is 16.1 Å². The molecule has 0 bridgehead atoms. The number of hydrogen-bond donors (Lipinski definition) is 1. The number of ether oxygens (including phenoxy) is 1. The highest BCUT2D eigenvalue weighted by atomic mass is 32.2. The van der Waals surface area contributed by atoms with E-state index >= 15 is 0 Å². The highest BCUT2D eigenvalue weighted by molar-refractivity contribution is 7.86. The SMILES string of the molecule is COc1ccc(-c2nc(C(=O)N3CCN(S(=O)(=O)N4CCCC4)CC3)c([C@H](C)N)o2)c2ccc(C(F)(F)F)nc12. The minimum absolute atomic E-state index is 0.0138. The second-order valence-electron chi connectivity index (χ2n) is 9.73. The molecule has 2 N–H and O–H groups in total. The Labute approximate surface area is 228 Å². The molecule has 2 fully saturated rings. The van der Waals surface area contributed by atoms with Crippen LogP contribution in [0.15, 0.2) is 28.7 Å². The van der Waals surface area contributed by atoms with Crippen LogP contribution in [-0.2, 0) is 16.4 Å². The van der Waals surface area contributed by atoms with Crippen LogP contribution >= 0.6 is 0 Å². The quantitative estimate of drug-likeness (QED) is 0.469. The molecule has 15 heteroatoms. The van der Waals surface area contributed by atoms with Gasteiger partial charge < -0.3 is 19.8 Å². The zero-order chi connectivity index (χ0) is 28.8. The van der Waals surface area contributed by atoms with Gasteiger partial charge in [0, 0.05) is 50.2 Å². The Hall–Kier alpha value is -3.27. The highest BCUT2D eigenvalue weighted by Gasteiger charge is 2.37. The molecular formula is C25H29F3N6O5S. The van der Waals surface area contributed by atoms with Crippen LogP contribution in [0.3, 0.4) is 0 Å². The molecule has 0 saturated carbocycles. The van der Waals surface area contributed by atoms with Crippen LogP contribution in [-0.4, -0.2) is 84.2 Å². The molecule has 1 atom stereocenters. The number of nitrogens with zero attached hydrogens (tertiary/aromatic N) is 5. The van der Waals surface area contributed by atoms with Crippen LogP contribution in [0, 0.1) is 0 Å². The van der Waals surface area contributed by atoms with Crippen LogP contribution in [0.5, 0.6) is 5.75 Å². The largest absolute Gasteiger partial charge is 0.494 e. The van der Waals surface area contributed by atoms with E-state index in [9.17, 15) is 26.4 Å². The lowest BCUT2D eigenvalue weighted by Gasteiger charge is -2.35. The van der Waals surface area contributed by atoms with Gasteiger partial charge in [-0.1, -0.05) is 0 Å². The number of fused-ring (bicyclic) bond motifs is 1. The number of carbonyl (C=O) groups is 1. The Morgan fingerprint density at radius 1 is 1.02 bits per heavy atom. The van der Waals surface area contributed by atoms with E-state index < -0.39 is 34.0 Å². The van der Waals surface area contributed by atoms with E-state index in [2.05, 4.69) is 9.97 Å². The maximum atomic E-state index is 13.5. The van der Waals surface area contributed by atoms with Gasteiger partial charge in [0.15, 0.2) is 11.5 Å². The van der Waals surface area contributed by atoms with Crippen LogP contribution in [0.4, 0.5) is 13.2 Å². The maximum absolute atomic E-state index is 13.5. The number of amides is 1. The summed E-state index contributed by atoms with van der Waals surface area (Å²) in [6, 6.07) is 4.38. The van der Waals surface area contributed by atoms with Gasteiger partial charge in [0.05, 0.1) is 13.2 Å². The van der Waals surface area contributed by atoms with E-state index in [1.807, 2.05) is 0 Å². The molecule has 0 radical (unpaired) electrons. The lowest BCUT2D eigenvalue weighted by atomic mass is 10.1. The number of methoxy groups -OCH3 is 1. The van der Waals surface area contributed by atoms with Crippen LogP contribution in [0.1, 0.15) is 47.7 Å². The van der Waals surface area contributed by atoms with Crippen molar-refractivity contribution in [2.75, 3.05) is 46.4 Å². The average Bonchev–Trinajstić information content (AvgIpc) is 3.63. The van der Waals surface area contributed by atoms with Crippen LogP contribution in [0.25, 0.3) is 22.4 Å². The summed E-state index contributed by atoms with van der Waals surface area (Å²) in [6.45, 7) is 3.19. The second-order valence-corrected chi connectivity index (χ2v) is 11.7. The number of halogens is 3. The fraction of sp³-hybridized carbons (Fsp3) is 0.480. The summed E-state index contributed by atoms with van der Waals surface area (Å²) >= 11 is 0. The van der Waals surface area contributed by atoms with E-state index in [4.69, 9.17) is 14.9 Å². The first-order chi connectivity index (χ1) is 18.9. The van der Waals surface area contributed by atoms with E-state index in [-0.39, 0.29) is 60.2 Å². The smallest absolute Gasteiger partial charge is 0.433 e. The molecule has 1 amide bonds. The third-order valence-electron chi connectivity index (χ3n) is 7.07. The first kappa shape index (κ1) is 28.3. The molecule has 5 rings (SSSR count). The molecule has 2 saturated heterocycles. The number of rotatable bonds is 6. The molecule has 2 aromatic heterocycles. The highest BCUT2D eigenvalue weighted by Crippen LogP contribution is 2.37. The van der Waals surface area contributed by atoms with Gasteiger partial charge in [0.2, 0.25) is 5.89 Å². The molecule has 0 aliphatic carbocycles. The molecule has 4 heterocycles. The van der Waals surface area contributed by atoms with Gasteiger partial charge in [0.1, 0.15) is 17.0 Å². The minimum Gasteiger partial charge on any atom is -0.494 e. The number of piperazine rings is 1. The van der Waals surface area contributed by atoms with Gasteiger partial charge >= 0.3 is 6.18 Å². The van der Waals surface area contributed by atoms with E-state index in [0.29, 0.717) is 18.7 Å². The maximum Gasteiger partial charge on any atom is 0.433 e. The Morgan fingerprint density at radius 2 is 1.68 bits per heavy atom. The van der Waals surface area contributed by atoms with E-state index in [0.717, 1.165) is 18.9 Å². The molecule has 40 heavy (non-hydrogen) atoms. The number of alkyl halides is 3. The number of hydrogen-bond acceptors (Lipinski definition) is 8. The van der Waals surface area contributed by atoms with Crippen LogP contribution in [0.2, 0.25) is 0 Å². The van der Waals surface area contributed by atoms with E-state index in [1.165, 1.54) is 32.8 Å². The van der Waals surface area contributed by atoms with Gasteiger partial charge in [-0.2, -0.15) is 30.2 Å². The van der Waals surface area contributed by atoms with Crippen molar-refractivity contribution in [3.05, 3.63) is 41.4 Å². The van der Waals surface area contributed by atoms with Crippen molar-refractivity contribution in [2.24, 2.45) is 5.73 Å². The van der Waals surface area contributed by atoms with Crippen molar-refractivity contribution in [1.82, 2.24) is 23.5 Å². The monoisotopic (exact) mass is 582 g/mol. The summed E-state index contributed by atoms with van der Waals surface area (Å²) in [5, 5.41) is 0.282.